The largest absolute Gasteiger partial charge is 0.351 e. The number of hydrogen-bond acceptors (Lipinski definition) is 5. The predicted molar refractivity (Wildman–Crippen MR) is 109 cm³/mol. The van der Waals surface area contributed by atoms with Crippen LogP contribution in [0.1, 0.15) is 24.2 Å². The number of carbonyl (C=O) groups excluding carboxylic acids is 1. The second-order valence-electron chi connectivity index (χ2n) is 8.11. The molecule has 0 saturated heterocycles. The van der Waals surface area contributed by atoms with Crippen LogP contribution in [0.15, 0.2) is 48.8 Å². The van der Waals surface area contributed by atoms with Gasteiger partial charge in [0.05, 0.1) is 5.69 Å². The van der Waals surface area contributed by atoms with Crippen LogP contribution in [0.25, 0.3) is 16.8 Å². The monoisotopic (exact) mass is 396 g/mol. The first-order chi connectivity index (χ1) is 13.7. The van der Waals surface area contributed by atoms with Crippen molar-refractivity contribution in [2.24, 2.45) is 5.41 Å². The van der Waals surface area contributed by atoms with Crippen LogP contribution in [-0.4, -0.2) is 58.2 Å². The topological polar surface area (TPSA) is 75.9 Å². The number of tetrazole rings is 1. The quantitative estimate of drug-likeness (QED) is 0.665. The number of amides is 1. The van der Waals surface area contributed by atoms with E-state index in [4.69, 9.17) is 0 Å². The van der Waals surface area contributed by atoms with Gasteiger partial charge in [-0.2, -0.15) is 0 Å². The third kappa shape index (κ3) is 5.45. The van der Waals surface area contributed by atoms with Gasteiger partial charge in [-0.15, -0.1) is 5.10 Å². The molecule has 0 radical (unpaired) electrons. The van der Waals surface area contributed by atoms with Crippen LogP contribution in [0.3, 0.4) is 0 Å². The van der Waals surface area contributed by atoms with Crippen molar-refractivity contribution in [2.45, 2.75) is 13.8 Å². The zero-order valence-corrected chi connectivity index (χ0v) is 17.1. The van der Waals surface area contributed by atoms with Crippen LogP contribution >= 0.6 is 0 Å². The number of rotatable bonds is 7. The maximum absolute atomic E-state index is 13.3. The first-order valence-corrected chi connectivity index (χ1v) is 9.31. The zero-order valence-electron chi connectivity index (χ0n) is 17.1. The van der Waals surface area contributed by atoms with Gasteiger partial charge in [0.15, 0.2) is 0 Å². The van der Waals surface area contributed by atoms with Crippen molar-refractivity contribution in [3.05, 3.63) is 60.2 Å². The van der Waals surface area contributed by atoms with E-state index >= 15 is 0 Å². The fraction of sp³-hybridized carbons (Fsp3) is 0.333. The van der Waals surface area contributed by atoms with Gasteiger partial charge in [0.25, 0.3) is 5.91 Å². The highest BCUT2D eigenvalue weighted by Gasteiger charge is 2.21. The third-order valence-electron chi connectivity index (χ3n) is 4.44. The number of aromatic nitrogens is 4. The molecule has 0 aliphatic rings. The van der Waals surface area contributed by atoms with Gasteiger partial charge < -0.3 is 10.2 Å². The summed E-state index contributed by atoms with van der Waals surface area (Å²) in [6.45, 7) is 5.59. The highest BCUT2D eigenvalue weighted by Crippen LogP contribution is 2.25. The Morgan fingerprint density at radius 1 is 1.14 bits per heavy atom. The first kappa shape index (κ1) is 20.6. The lowest BCUT2D eigenvalue weighted by Gasteiger charge is -2.28. The summed E-state index contributed by atoms with van der Waals surface area (Å²) in [6.07, 6.45) is 1.46. The molecule has 1 amide bonds. The molecule has 0 aliphatic carbocycles. The van der Waals surface area contributed by atoms with Crippen molar-refractivity contribution in [2.75, 3.05) is 27.2 Å². The second kappa shape index (κ2) is 8.48. The van der Waals surface area contributed by atoms with Crippen LogP contribution in [0, 0.1) is 11.2 Å². The molecule has 0 unspecified atom stereocenters. The summed E-state index contributed by atoms with van der Waals surface area (Å²) in [4.78, 5) is 15.0. The summed E-state index contributed by atoms with van der Waals surface area (Å²) in [5.41, 5.74) is 2.62. The Morgan fingerprint density at radius 3 is 2.48 bits per heavy atom. The Kier molecular flexibility index (Phi) is 6.03. The third-order valence-corrected chi connectivity index (χ3v) is 4.44. The van der Waals surface area contributed by atoms with E-state index < -0.39 is 0 Å². The minimum atomic E-state index is -0.313. The van der Waals surface area contributed by atoms with Crippen molar-refractivity contribution >= 4 is 5.91 Å². The molecule has 1 aromatic heterocycles. The van der Waals surface area contributed by atoms with E-state index in [1.807, 2.05) is 20.2 Å². The number of hydrogen-bond donors (Lipinski definition) is 1. The summed E-state index contributed by atoms with van der Waals surface area (Å²) in [5, 5.41) is 14.3. The molecule has 1 heterocycles. The van der Waals surface area contributed by atoms with Gasteiger partial charge in [-0.25, -0.2) is 9.07 Å². The Morgan fingerprint density at radius 2 is 1.86 bits per heavy atom. The molecule has 29 heavy (non-hydrogen) atoms. The number of nitrogens with one attached hydrogen (secondary N) is 1. The average Bonchev–Trinajstić information content (AvgIpc) is 3.20. The van der Waals surface area contributed by atoms with Crippen LogP contribution in [-0.2, 0) is 0 Å². The Labute approximate surface area is 169 Å². The van der Waals surface area contributed by atoms with Gasteiger partial charge in [-0.1, -0.05) is 26.0 Å². The molecular formula is C21H25FN6O. The van der Waals surface area contributed by atoms with E-state index in [-0.39, 0.29) is 17.1 Å². The van der Waals surface area contributed by atoms with Gasteiger partial charge >= 0.3 is 0 Å². The van der Waals surface area contributed by atoms with Gasteiger partial charge in [0.1, 0.15) is 12.1 Å². The number of halogens is 1. The summed E-state index contributed by atoms with van der Waals surface area (Å²) < 4.78 is 14.8. The minimum Gasteiger partial charge on any atom is -0.351 e. The van der Waals surface area contributed by atoms with Gasteiger partial charge in [-0.05, 0) is 71.4 Å². The maximum atomic E-state index is 13.3. The fourth-order valence-electron chi connectivity index (χ4n) is 3.30. The molecule has 3 aromatic rings. The SMILES string of the molecule is CN(C)CC(C)(C)CNC(=O)c1cc(-c2ccc(F)cc2)cc(-n2cnnn2)c1. The average molecular weight is 396 g/mol. The van der Waals surface area contributed by atoms with Gasteiger partial charge in [0, 0.05) is 18.7 Å². The molecule has 0 saturated carbocycles. The Balaban J connectivity index is 1.91. The van der Waals surface area contributed by atoms with E-state index in [0.717, 1.165) is 17.7 Å². The molecule has 3 rings (SSSR count). The normalized spacial score (nSPS) is 11.7. The van der Waals surface area contributed by atoms with Gasteiger partial charge in [-0.3, -0.25) is 4.79 Å². The zero-order chi connectivity index (χ0) is 21.0. The van der Waals surface area contributed by atoms with Crippen LogP contribution < -0.4 is 5.32 Å². The number of nitrogens with zero attached hydrogens (tertiary/aromatic N) is 5. The summed E-state index contributed by atoms with van der Waals surface area (Å²) >= 11 is 0. The molecule has 0 atom stereocenters. The first-order valence-electron chi connectivity index (χ1n) is 9.31. The molecule has 0 fully saturated rings. The van der Waals surface area contributed by atoms with Crippen molar-refractivity contribution in [3.8, 4) is 16.8 Å². The van der Waals surface area contributed by atoms with Crippen molar-refractivity contribution < 1.29 is 9.18 Å². The molecule has 0 spiro atoms. The molecule has 1 N–H and O–H groups in total. The van der Waals surface area contributed by atoms with E-state index in [1.54, 1.807) is 24.3 Å². The standard InChI is InChI=1S/C21H25FN6O/c1-21(2,13-27(3)4)12-23-20(29)17-9-16(15-5-7-18(22)8-6-15)10-19(11-17)28-14-24-25-26-28/h5-11,14H,12-13H2,1-4H3,(H,23,29). The van der Waals surface area contributed by atoms with Crippen LogP contribution in [0.2, 0.25) is 0 Å². The van der Waals surface area contributed by atoms with Crippen LogP contribution in [0.5, 0.6) is 0 Å². The molecule has 0 aliphatic heterocycles. The number of carbonyl (C=O) groups is 1. The van der Waals surface area contributed by atoms with Gasteiger partial charge in [0.2, 0.25) is 0 Å². The van der Waals surface area contributed by atoms with E-state index in [1.165, 1.54) is 23.1 Å². The number of benzene rings is 2. The Bertz CT molecular complexity index is 967. The summed E-state index contributed by atoms with van der Waals surface area (Å²) in [6, 6.07) is 11.5. The summed E-state index contributed by atoms with van der Waals surface area (Å²) in [7, 11) is 4.02. The molecule has 7 nitrogen and oxygen atoms in total. The molecule has 152 valence electrons. The van der Waals surface area contributed by atoms with Crippen molar-refractivity contribution in [1.82, 2.24) is 30.4 Å². The second-order valence-corrected chi connectivity index (χ2v) is 8.11. The Hall–Kier alpha value is -3.13. The molecular weight excluding hydrogens is 371 g/mol. The summed E-state index contributed by atoms with van der Waals surface area (Å²) in [5.74, 6) is -0.499. The smallest absolute Gasteiger partial charge is 0.251 e. The highest BCUT2D eigenvalue weighted by molar-refractivity contribution is 5.96. The lowest BCUT2D eigenvalue weighted by Crippen LogP contribution is -2.40. The predicted octanol–water partition coefficient (Wildman–Crippen LogP) is 2.79. The molecule has 8 heteroatoms. The van der Waals surface area contributed by atoms with E-state index in [9.17, 15) is 9.18 Å². The van der Waals surface area contributed by atoms with Crippen LogP contribution in [0.4, 0.5) is 4.39 Å². The highest BCUT2D eigenvalue weighted by atomic mass is 19.1. The lowest BCUT2D eigenvalue weighted by molar-refractivity contribution is 0.0929. The fourth-order valence-corrected chi connectivity index (χ4v) is 3.30. The maximum Gasteiger partial charge on any atom is 0.251 e. The lowest BCUT2D eigenvalue weighted by atomic mass is 9.92. The van der Waals surface area contributed by atoms with Crippen molar-refractivity contribution in [1.29, 1.82) is 0 Å². The molecule has 2 aromatic carbocycles. The van der Waals surface area contributed by atoms with Crippen molar-refractivity contribution in [3.63, 3.8) is 0 Å². The minimum absolute atomic E-state index is 0.0770. The van der Waals surface area contributed by atoms with E-state index in [0.29, 0.717) is 17.8 Å². The van der Waals surface area contributed by atoms with E-state index in [2.05, 4.69) is 39.6 Å². The molecule has 0 bridgehead atoms.